The van der Waals surface area contributed by atoms with Crippen LogP contribution in [0.1, 0.15) is 12.5 Å². The van der Waals surface area contributed by atoms with E-state index in [-0.39, 0.29) is 41.1 Å². The number of hydrogen-bond donors (Lipinski definition) is 1. The molecule has 1 N–H and O–H groups in total. The molecule has 0 unspecified atom stereocenters. The molecule has 1 aromatic carbocycles. The Hall–Kier alpha value is -1.10. The van der Waals surface area contributed by atoms with Crippen molar-refractivity contribution in [2.45, 2.75) is 6.92 Å². The van der Waals surface area contributed by atoms with Crippen LogP contribution in [0.2, 0.25) is 0 Å². The third-order valence-electron chi connectivity index (χ3n) is 1.80. The van der Waals surface area contributed by atoms with E-state index in [1.165, 1.54) is 13.0 Å². The van der Waals surface area contributed by atoms with Gasteiger partial charge in [-0.05, 0) is 11.6 Å². The van der Waals surface area contributed by atoms with Crippen molar-refractivity contribution in [3.63, 3.8) is 0 Å². The standard InChI is InChI=1S/C12H12O4.Na.H/c1-9(13)11(16-8-12(14)15)7-10-5-3-2-4-6-10;;/h2-7H,8H2,1H3,(H,14,15);;/b11-7+;;. The van der Waals surface area contributed by atoms with Gasteiger partial charge in [0.05, 0.1) is 0 Å². The molecular formula is C12H13NaO4. The van der Waals surface area contributed by atoms with E-state index in [0.717, 1.165) is 5.56 Å². The first-order valence-electron chi connectivity index (χ1n) is 4.72. The van der Waals surface area contributed by atoms with Crippen LogP contribution >= 0.6 is 0 Å². The van der Waals surface area contributed by atoms with E-state index in [4.69, 9.17) is 9.84 Å². The molecule has 0 spiro atoms. The number of ketones is 1. The first kappa shape index (κ1) is 15.9. The monoisotopic (exact) mass is 244 g/mol. The molecule has 0 atom stereocenters. The van der Waals surface area contributed by atoms with Gasteiger partial charge in [-0.25, -0.2) is 4.79 Å². The van der Waals surface area contributed by atoms with Gasteiger partial charge in [-0.3, -0.25) is 4.79 Å². The topological polar surface area (TPSA) is 63.6 Å². The molecule has 17 heavy (non-hydrogen) atoms. The molecule has 0 aromatic heterocycles. The van der Waals surface area contributed by atoms with Crippen molar-refractivity contribution >= 4 is 47.4 Å². The number of hydrogen-bond acceptors (Lipinski definition) is 3. The molecule has 0 radical (unpaired) electrons. The van der Waals surface area contributed by atoms with Crippen LogP contribution in [0, 0.1) is 0 Å². The Bertz CT molecular complexity index is 412. The van der Waals surface area contributed by atoms with Crippen molar-refractivity contribution in [1.82, 2.24) is 0 Å². The van der Waals surface area contributed by atoms with Crippen molar-refractivity contribution in [2.75, 3.05) is 6.61 Å². The van der Waals surface area contributed by atoms with Gasteiger partial charge in [0.1, 0.15) is 0 Å². The van der Waals surface area contributed by atoms with Crippen molar-refractivity contribution in [3.05, 3.63) is 41.7 Å². The number of carboxylic acids is 1. The van der Waals surface area contributed by atoms with Crippen LogP contribution in [-0.4, -0.2) is 53.0 Å². The zero-order valence-corrected chi connectivity index (χ0v) is 8.84. The van der Waals surface area contributed by atoms with E-state index < -0.39 is 12.6 Å². The number of ether oxygens (including phenoxy) is 1. The minimum absolute atomic E-state index is 0. The third kappa shape index (κ3) is 6.26. The molecule has 0 saturated carbocycles. The SMILES string of the molecule is CC(=O)/C(=C\c1ccccc1)OCC(=O)O.[NaH]. The van der Waals surface area contributed by atoms with E-state index in [2.05, 4.69) is 0 Å². The Balaban J connectivity index is 0.00000256. The summed E-state index contributed by atoms with van der Waals surface area (Å²) < 4.78 is 4.88. The summed E-state index contributed by atoms with van der Waals surface area (Å²) in [5.74, 6) is -1.36. The van der Waals surface area contributed by atoms with Crippen LogP contribution in [0.25, 0.3) is 6.08 Å². The molecule has 0 aliphatic rings. The van der Waals surface area contributed by atoms with Gasteiger partial charge < -0.3 is 9.84 Å². The molecule has 0 aliphatic heterocycles. The maximum absolute atomic E-state index is 11.2. The molecule has 1 rings (SSSR count). The zero-order chi connectivity index (χ0) is 12.0. The molecule has 0 aliphatic carbocycles. The second-order valence-corrected chi connectivity index (χ2v) is 3.16. The Kier molecular flexibility index (Phi) is 7.54. The van der Waals surface area contributed by atoms with E-state index in [0.29, 0.717) is 0 Å². The molecule has 4 nitrogen and oxygen atoms in total. The normalized spacial score (nSPS) is 10.3. The Morgan fingerprint density at radius 1 is 1.29 bits per heavy atom. The number of carbonyl (C=O) groups excluding carboxylic acids is 1. The molecule has 0 bridgehead atoms. The number of benzene rings is 1. The van der Waals surface area contributed by atoms with Crippen molar-refractivity contribution in [3.8, 4) is 0 Å². The van der Waals surface area contributed by atoms with Gasteiger partial charge in [0.15, 0.2) is 18.1 Å². The molecular weight excluding hydrogens is 231 g/mol. The zero-order valence-electron chi connectivity index (χ0n) is 8.84. The summed E-state index contributed by atoms with van der Waals surface area (Å²) >= 11 is 0. The predicted octanol–water partition coefficient (Wildman–Crippen LogP) is 1.07. The number of aliphatic carboxylic acids is 1. The number of carboxylic acid groups (broad SMARTS) is 1. The number of carbonyl (C=O) groups is 2. The van der Waals surface area contributed by atoms with Crippen molar-refractivity contribution in [2.24, 2.45) is 0 Å². The average molecular weight is 244 g/mol. The summed E-state index contributed by atoms with van der Waals surface area (Å²) in [6, 6.07) is 9.09. The summed E-state index contributed by atoms with van der Waals surface area (Å²) in [7, 11) is 0. The van der Waals surface area contributed by atoms with Gasteiger partial charge in [0.25, 0.3) is 0 Å². The van der Waals surface area contributed by atoms with Crippen LogP contribution in [0.5, 0.6) is 0 Å². The fourth-order valence-electron chi connectivity index (χ4n) is 1.09. The van der Waals surface area contributed by atoms with Gasteiger partial charge in [-0.1, -0.05) is 30.3 Å². The molecule has 0 heterocycles. The molecule has 0 saturated heterocycles. The van der Waals surface area contributed by atoms with Crippen LogP contribution < -0.4 is 0 Å². The summed E-state index contributed by atoms with van der Waals surface area (Å²) in [5.41, 5.74) is 0.790. The van der Waals surface area contributed by atoms with Gasteiger partial charge in [-0.15, -0.1) is 0 Å². The minimum atomic E-state index is -1.11. The second kappa shape index (κ2) is 8.06. The van der Waals surface area contributed by atoms with Crippen LogP contribution in [0.3, 0.4) is 0 Å². The number of Topliss-reactive ketones (excluding diaryl/α,β-unsaturated/α-hetero) is 1. The fourth-order valence-corrected chi connectivity index (χ4v) is 1.09. The van der Waals surface area contributed by atoms with E-state index in [9.17, 15) is 9.59 Å². The summed E-state index contributed by atoms with van der Waals surface area (Å²) in [6.45, 7) is 0.814. The molecule has 0 amide bonds. The molecule has 5 heteroatoms. The Labute approximate surface area is 122 Å². The first-order chi connectivity index (χ1) is 7.59. The van der Waals surface area contributed by atoms with Gasteiger partial charge in [0, 0.05) is 6.92 Å². The van der Waals surface area contributed by atoms with E-state index >= 15 is 0 Å². The molecule has 1 aromatic rings. The summed E-state index contributed by atoms with van der Waals surface area (Å²) in [6.07, 6.45) is 1.52. The number of rotatable bonds is 5. The van der Waals surface area contributed by atoms with E-state index in [1.54, 1.807) is 12.1 Å². The average Bonchev–Trinajstić information content (AvgIpc) is 2.25. The Morgan fingerprint density at radius 3 is 2.35 bits per heavy atom. The van der Waals surface area contributed by atoms with Gasteiger partial charge in [0.2, 0.25) is 0 Å². The third-order valence-corrected chi connectivity index (χ3v) is 1.80. The number of allylic oxidation sites excluding steroid dienone is 1. The fraction of sp³-hybridized carbons (Fsp3) is 0.167. The van der Waals surface area contributed by atoms with Crippen LogP contribution in [0.4, 0.5) is 0 Å². The van der Waals surface area contributed by atoms with E-state index in [1.807, 2.05) is 18.2 Å². The van der Waals surface area contributed by atoms with Crippen LogP contribution in [-0.2, 0) is 14.3 Å². The van der Waals surface area contributed by atoms with Crippen LogP contribution in [0.15, 0.2) is 36.1 Å². The van der Waals surface area contributed by atoms with Gasteiger partial charge in [-0.2, -0.15) is 0 Å². The van der Waals surface area contributed by atoms with Crippen molar-refractivity contribution in [1.29, 1.82) is 0 Å². The summed E-state index contributed by atoms with van der Waals surface area (Å²) in [5, 5.41) is 8.45. The Morgan fingerprint density at radius 2 is 1.88 bits per heavy atom. The maximum atomic E-state index is 11.2. The molecule has 0 fully saturated rings. The summed E-state index contributed by atoms with van der Waals surface area (Å²) in [4.78, 5) is 21.5. The quantitative estimate of drug-likeness (QED) is 0.478. The first-order valence-corrected chi connectivity index (χ1v) is 4.72. The molecule has 86 valence electrons. The van der Waals surface area contributed by atoms with Gasteiger partial charge >= 0.3 is 35.5 Å². The second-order valence-electron chi connectivity index (χ2n) is 3.16. The van der Waals surface area contributed by atoms with Crippen molar-refractivity contribution < 1.29 is 19.4 Å². The predicted molar refractivity (Wildman–Crippen MR) is 65.8 cm³/mol.